The maximum Gasteiger partial charge on any atom is 0.419 e. The van der Waals surface area contributed by atoms with Crippen LogP contribution in [0.25, 0.3) is 0 Å². The molecule has 0 spiro atoms. The first-order valence-electron chi connectivity index (χ1n) is 13.4. The Bertz CT molecular complexity index is 1340. The van der Waals surface area contributed by atoms with Crippen LogP contribution in [-0.2, 0) is 14.3 Å². The molecule has 0 bridgehead atoms. The van der Waals surface area contributed by atoms with Crippen LogP contribution in [0.2, 0.25) is 0 Å². The molecule has 2 heterocycles. The SMILES string of the molecule is COC(=O)C1OC(=O)N(C(=O)NC2CCN(C3CCC(c4ccccc4C#N)CC3)C2)C1c1ccc(F)c(F)c1. The third-order valence-corrected chi connectivity index (χ3v) is 8.21. The van der Waals surface area contributed by atoms with Gasteiger partial charge in [-0.1, -0.05) is 24.3 Å². The van der Waals surface area contributed by atoms with Crippen molar-refractivity contribution in [2.24, 2.45) is 0 Å². The Morgan fingerprint density at radius 3 is 2.52 bits per heavy atom. The van der Waals surface area contributed by atoms with Gasteiger partial charge in [0.1, 0.15) is 6.04 Å². The van der Waals surface area contributed by atoms with Crippen molar-refractivity contribution < 1.29 is 32.6 Å². The molecule has 1 N–H and O–H groups in total. The van der Waals surface area contributed by atoms with Gasteiger partial charge in [0.2, 0.25) is 6.10 Å². The number of halogens is 2. The molecule has 9 nitrogen and oxygen atoms in total. The number of hydrogen-bond donors (Lipinski definition) is 1. The number of cyclic esters (lactones) is 1. The van der Waals surface area contributed by atoms with Crippen molar-refractivity contribution in [3.05, 3.63) is 70.8 Å². The predicted octanol–water partition coefficient (Wildman–Crippen LogP) is 4.38. The Morgan fingerprint density at radius 2 is 1.82 bits per heavy atom. The number of ether oxygens (including phenoxy) is 2. The number of carbonyl (C=O) groups excluding carboxylic acids is 3. The van der Waals surface area contributed by atoms with Gasteiger partial charge in [-0.15, -0.1) is 0 Å². The average Bonchev–Trinajstić information content (AvgIpc) is 3.58. The van der Waals surface area contributed by atoms with Gasteiger partial charge in [-0.05, 0) is 67.3 Å². The summed E-state index contributed by atoms with van der Waals surface area (Å²) in [6, 6.07) is 10.9. The number of nitriles is 1. The highest BCUT2D eigenvalue weighted by Crippen LogP contribution is 2.38. The highest BCUT2D eigenvalue weighted by molar-refractivity contribution is 5.96. The molecule has 3 amide bonds. The van der Waals surface area contributed by atoms with Crippen molar-refractivity contribution in [3.63, 3.8) is 0 Å². The van der Waals surface area contributed by atoms with Crippen molar-refractivity contribution in [2.45, 2.75) is 62.3 Å². The second-order valence-corrected chi connectivity index (χ2v) is 10.5. The number of urea groups is 1. The van der Waals surface area contributed by atoms with Crippen LogP contribution in [0.1, 0.15) is 60.8 Å². The number of esters is 1. The van der Waals surface area contributed by atoms with Crippen LogP contribution in [-0.4, -0.2) is 66.3 Å². The number of nitrogens with zero attached hydrogens (tertiary/aromatic N) is 3. The molecule has 210 valence electrons. The summed E-state index contributed by atoms with van der Waals surface area (Å²) in [4.78, 5) is 41.4. The number of carbonyl (C=O) groups is 3. The number of benzene rings is 2. The monoisotopic (exact) mass is 552 g/mol. The maximum absolute atomic E-state index is 14.0. The fourth-order valence-electron chi connectivity index (χ4n) is 6.19. The lowest BCUT2D eigenvalue weighted by Crippen LogP contribution is -2.48. The maximum atomic E-state index is 14.0. The Morgan fingerprint density at radius 1 is 1.07 bits per heavy atom. The molecule has 1 saturated carbocycles. The summed E-state index contributed by atoms with van der Waals surface area (Å²) >= 11 is 0. The second kappa shape index (κ2) is 11.6. The van der Waals surface area contributed by atoms with E-state index < -0.39 is 41.9 Å². The average molecular weight is 553 g/mol. The van der Waals surface area contributed by atoms with E-state index >= 15 is 0 Å². The molecule has 2 aromatic rings. The van der Waals surface area contributed by atoms with Gasteiger partial charge in [0.15, 0.2) is 11.6 Å². The molecular weight excluding hydrogens is 522 g/mol. The first-order chi connectivity index (χ1) is 19.3. The van der Waals surface area contributed by atoms with E-state index in [0.717, 1.165) is 67.5 Å². The Kier molecular flexibility index (Phi) is 7.98. The Hall–Kier alpha value is -4.04. The van der Waals surface area contributed by atoms with Gasteiger partial charge in [0.05, 0.1) is 18.7 Å². The zero-order chi connectivity index (χ0) is 28.4. The van der Waals surface area contributed by atoms with E-state index in [0.29, 0.717) is 24.9 Å². The summed E-state index contributed by atoms with van der Waals surface area (Å²) in [7, 11) is 1.10. The lowest BCUT2D eigenvalue weighted by Gasteiger charge is -2.35. The van der Waals surface area contributed by atoms with E-state index in [4.69, 9.17) is 9.47 Å². The third kappa shape index (κ3) is 5.36. The second-order valence-electron chi connectivity index (χ2n) is 10.5. The molecular formula is C29H30F2N4O5. The zero-order valence-electron chi connectivity index (χ0n) is 22.0. The number of amides is 3. The van der Waals surface area contributed by atoms with Crippen LogP contribution in [0.15, 0.2) is 42.5 Å². The standard InChI is InChI=1S/C29H30F2N4O5/c1-39-27(36)26-25(18-8-11-23(30)24(31)14-18)35(29(38)40-26)28(37)33-20-12-13-34(16-20)21-9-6-17(7-10-21)22-5-3-2-4-19(22)15-32/h2-5,8,11,14,17,20-21,25-26H,6-7,9-10,12-13,16H2,1H3,(H,33,37). The van der Waals surface area contributed by atoms with E-state index in [-0.39, 0.29) is 11.6 Å². The molecule has 5 rings (SSSR count). The van der Waals surface area contributed by atoms with Gasteiger partial charge in [0, 0.05) is 25.2 Å². The highest BCUT2D eigenvalue weighted by Gasteiger charge is 2.51. The summed E-state index contributed by atoms with van der Waals surface area (Å²) in [5.41, 5.74) is 1.86. The fourth-order valence-corrected chi connectivity index (χ4v) is 6.19. The summed E-state index contributed by atoms with van der Waals surface area (Å²) in [5, 5.41) is 12.3. The van der Waals surface area contributed by atoms with Gasteiger partial charge >= 0.3 is 18.1 Å². The van der Waals surface area contributed by atoms with Gasteiger partial charge in [-0.2, -0.15) is 5.26 Å². The minimum Gasteiger partial charge on any atom is -0.466 e. The molecule has 3 aliphatic rings. The Balaban J connectivity index is 1.22. The van der Waals surface area contributed by atoms with E-state index in [9.17, 15) is 28.4 Å². The molecule has 40 heavy (non-hydrogen) atoms. The number of likely N-dealkylation sites (tertiary alicyclic amines) is 1. The molecule has 11 heteroatoms. The quantitative estimate of drug-likeness (QED) is 0.548. The zero-order valence-corrected chi connectivity index (χ0v) is 22.0. The molecule has 3 unspecified atom stereocenters. The van der Waals surface area contributed by atoms with Crippen LogP contribution in [0.5, 0.6) is 0 Å². The lowest BCUT2D eigenvalue weighted by atomic mass is 9.80. The molecule has 2 aliphatic heterocycles. The minimum atomic E-state index is -1.52. The van der Waals surface area contributed by atoms with Gasteiger partial charge in [-0.3, -0.25) is 4.90 Å². The molecule has 0 aromatic heterocycles. The topological polar surface area (TPSA) is 112 Å². The largest absolute Gasteiger partial charge is 0.466 e. The summed E-state index contributed by atoms with van der Waals surface area (Å²) in [6.45, 7) is 1.37. The van der Waals surface area contributed by atoms with Gasteiger partial charge in [0.25, 0.3) is 0 Å². The van der Waals surface area contributed by atoms with Crippen molar-refractivity contribution in [3.8, 4) is 6.07 Å². The van der Waals surface area contributed by atoms with Crippen LogP contribution in [0, 0.1) is 23.0 Å². The number of nitrogens with one attached hydrogen (secondary N) is 1. The smallest absolute Gasteiger partial charge is 0.419 e. The first kappa shape index (κ1) is 27.5. The number of hydrogen-bond acceptors (Lipinski definition) is 7. The van der Waals surface area contributed by atoms with Gasteiger partial charge in [-0.25, -0.2) is 28.1 Å². The summed E-state index contributed by atoms with van der Waals surface area (Å²) < 4.78 is 37.4. The summed E-state index contributed by atoms with van der Waals surface area (Å²) in [6.07, 6.45) is 1.97. The van der Waals surface area contributed by atoms with Crippen LogP contribution < -0.4 is 5.32 Å². The minimum absolute atomic E-state index is 0.0260. The predicted molar refractivity (Wildman–Crippen MR) is 138 cm³/mol. The van der Waals surface area contributed by atoms with E-state index in [1.165, 1.54) is 6.07 Å². The normalized spacial score (nSPS) is 26.7. The first-order valence-corrected chi connectivity index (χ1v) is 13.4. The molecule has 3 atom stereocenters. The fraction of sp³-hybridized carbons (Fsp3) is 0.448. The van der Waals surface area contributed by atoms with Crippen molar-refractivity contribution >= 4 is 18.1 Å². The van der Waals surface area contributed by atoms with Crippen LogP contribution in [0.4, 0.5) is 18.4 Å². The molecule has 2 aromatic carbocycles. The highest BCUT2D eigenvalue weighted by atomic mass is 19.2. The Labute approximate surface area is 230 Å². The van der Waals surface area contributed by atoms with Crippen LogP contribution >= 0.6 is 0 Å². The van der Waals surface area contributed by atoms with Crippen molar-refractivity contribution in [2.75, 3.05) is 20.2 Å². The van der Waals surface area contributed by atoms with Crippen molar-refractivity contribution in [1.82, 2.24) is 15.1 Å². The molecule has 0 radical (unpaired) electrons. The number of imide groups is 1. The number of rotatable bonds is 5. The molecule has 2 saturated heterocycles. The van der Waals surface area contributed by atoms with Crippen molar-refractivity contribution in [1.29, 1.82) is 5.26 Å². The molecule has 1 aliphatic carbocycles. The third-order valence-electron chi connectivity index (χ3n) is 8.21. The lowest BCUT2D eigenvalue weighted by molar-refractivity contribution is -0.150. The van der Waals surface area contributed by atoms with E-state index in [2.05, 4.69) is 16.3 Å². The molecule has 3 fully saturated rings. The number of methoxy groups -OCH3 is 1. The summed E-state index contributed by atoms with van der Waals surface area (Å²) in [5.74, 6) is -2.85. The van der Waals surface area contributed by atoms with E-state index in [1.54, 1.807) is 0 Å². The van der Waals surface area contributed by atoms with Gasteiger partial charge < -0.3 is 14.8 Å². The van der Waals surface area contributed by atoms with Crippen LogP contribution in [0.3, 0.4) is 0 Å². The van der Waals surface area contributed by atoms with E-state index in [1.807, 2.05) is 24.3 Å².